The molecule has 2 rings (SSSR count). The van der Waals surface area contributed by atoms with Crippen molar-refractivity contribution in [3.8, 4) is 0 Å². The number of benzene rings is 2. The number of halogens is 4. The third kappa shape index (κ3) is 3.66. The van der Waals surface area contributed by atoms with Gasteiger partial charge in [0.2, 0.25) is 0 Å². The van der Waals surface area contributed by atoms with Gasteiger partial charge in [-0.05, 0) is 41.3 Å². The molecule has 0 saturated heterocycles. The molecule has 2 N–H and O–H groups in total. The molecular formula is C16H15BrF3N. The van der Waals surface area contributed by atoms with Crippen molar-refractivity contribution in [3.05, 3.63) is 69.2 Å². The first-order valence-corrected chi connectivity index (χ1v) is 7.33. The zero-order chi connectivity index (χ0) is 15.6. The Balaban J connectivity index is 2.44. The molecule has 2 aromatic rings. The zero-order valence-corrected chi connectivity index (χ0v) is 13.0. The highest BCUT2D eigenvalue weighted by molar-refractivity contribution is 9.10. The van der Waals surface area contributed by atoms with Crippen LogP contribution < -0.4 is 5.73 Å². The van der Waals surface area contributed by atoms with Gasteiger partial charge < -0.3 is 5.73 Å². The third-order valence-electron chi connectivity index (χ3n) is 3.38. The van der Waals surface area contributed by atoms with Gasteiger partial charge in [-0.3, -0.25) is 0 Å². The monoisotopic (exact) mass is 357 g/mol. The third-order valence-corrected chi connectivity index (χ3v) is 4.10. The summed E-state index contributed by atoms with van der Waals surface area (Å²) >= 11 is 3.28. The van der Waals surface area contributed by atoms with E-state index < -0.39 is 17.8 Å². The topological polar surface area (TPSA) is 26.0 Å². The molecule has 0 bridgehead atoms. The van der Waals surface area contributed by atoms with Crippen LogP contribution in [0.3, 0.4) is 0 Å². The van der Waals surface area contributed by atoms with Crippen LogP contribution in [-0.4, -0.2) is 0 Å². The van der Waals surface area contributed by atoms with Gasteiger partial charge in [0, 0.05) is 4.47 Å². The van der Waals surface area contributed by atoms with Gasteiger partial charge in [-0.1, -0.05) is 47.1 Å². The summed E-state index contributed by atoms with van der Waals surface area (Å²) in [5.74, 6) is 0. The number of nitrogens with two attached hydrogens (primary N) is 1. The van der Waals surface area contributed by atoms with Gasteiger partial charge in [-0.15, -0.1) is 0 Å². The molecule has 112 valence electrons. The largest absolute Gasteiger partial charge is 0.416 e. The maximum Gasteiger partial charge on any atom is 0.416 e. The van der Waals surface area contributed by atoms with Gasteiger partial charge in [0.15, 0.2) is 0 Å². The fourth-order valence-electron chi connectivity index (χ4n) is 2.14. The minimum atomic E-state index is -4.37. The van der Waals surface area contributed by atoms with E-state index in [4.69, 9.17) is 5.73 Å². The minimum absolute atomic E-state index is 0.429. The van der Waals surface area contributed by atoms with Crippen LogP contribution in [0.1, 0.15) is 35.2 Å². The molecule has 2 aromatic carbocycles. The average Bonchev–Trinajstić information content (AvgIpc) is 2.46. The summed E-state index contributed by atoms with van der Waals surface area (Å²) in [5.41, 5.74) is 7.80. The Kier molecular flexibility index (Phi) is 4.74. The maximum atomic E-state index is 12.8. The summed E-state index contributed by atoms with van der Waals surface area (Å²) in [5, 5.41) is 0. The van der Waals surface area contributed by atoms with Crippen molar-refractivity contribution >= 4 is 15.9 Å². The summed E-state index contributed by atoms with van der Waals surface area (Å²) in [6, 6.07) is 10.5. The normalized spacial score (nSPS) is 13.2. The molecule has 0 heterocycles. The van der Waals surface area contributed by atoms with E-state index in [0.29, 0.717) is 10.0 Å². The lowest BCUT2D eigenvalue weighted by molar-refractivity contribution is -0.137. The Morgan fingerprint density at radius 2 is 1.86 bits per heavy atom. The van der Waals surface area contributed by atoms with Crippen molar-refractivity contribution in [2.45, 2.75) is 25.6 Å². The van der Waals surface area contributed by atoms with E-state index in [9.17, 15) is 13.2 Å². The van der Waals surface area contributed by atoms with E-state index in [2.05, 4.69) is 15.9 Å². The van der Waals surface area contributed by atoms with Gasteiger partial charge in [-0.2, -0.15) is 13.2 Å². The van der Waals surface area contributed by atoms with E-state index in [1.165, 1.54) is 6.07 Å². The Labute approximate surface area is 130 Å². The molecule has 0 saturated carbocycles. The van der Waals surface area contributed by atoms with Gasteiger partial charge >= 0.3 is 6.18 Å². The fraction of sp³-hybridized carbons (Fsp3) is 0.250. The molecule has 0 aliphatic rings. The highest BCUT2D eigenvalue weighted by Gasteiger charge is 2.31. The van der Waals surface area contributed by atoms with Crippen LogP contribution in [0.15, 0.2) is 46.9 Å². The number of alkyl halides is 3. The molecule has 5 heteroatoms. The smallest absolute Gasteiger partial charge is 0.320 e. The second kappa shape index (κ2) is 6.20. The molecule has 0 radical (unpaired) electrons. The van der Waals surface area contributed by atoms with Crippen LogP contribution >= 0.6 is 15.9 Å². The SMILES string of the molecule is CCc1cccc(C(N)c2cc(C(F)(F)F)ccc2Br)c1. The lowest BCUT2D eigenvalue weighted by atomic mass is 9.96. The lowest BCUT2D eigenvalue weighted by Gasteiger charge is -2.17. The molecule has 0 fully saturated rings. The molecule has 1 atom stereocenters. The Morgan fingerprint density at radius 3 is 2.48 bits per heavy atom. The Bertz CT molecular complexity index is 638. The Morgan fingerprint density at radius 1 is 1.14 bits per heavy atom. The molecule has 21 heavy (non-hydrogen) atoms. The van der Waals surface area contributed by atoms with Crippen molar-refractivity contribution in [1.82, 2.24) is 0 Å². The van der Waals surface area contributed by atoms with Crippen molar-refractivity contribution in [2.24, 2.45) is 5.73 Å². The highest BCUT2D eigenvalue weighted by Crippen LogP contribution is 2.35. The number of aryl methyl sites for hydroxylation is 1. The molecule has 0 aliphatic carbocycles. The van der Waals surface area contributed by atoms with Crippen LogP contribution in [0.4, 0.5) is 13.2 Å². The number of hydrogen-bond donors (Lipinski definition) is 1. The molecule has 1 unspecified atom stereocenters. The molecule has 1 nitrogen and oxygen atoms in total. The minimum Gasteiger partial charge on any atom is -0.320 e. The summed E-state index contributed by atoms with van der Waals surface area (Å²) in [6.07, 6.45) is -3.52. The summed E-state index contributed by atoms with van der Waals surface area (Å²) in [7, 11) is 0. The second-order valence-electron chi connectivity index (χ2n) is 4.81. The van der Waals surface area contributed by atoms with Gasteiger partial charge in [0.05, 0.1) is 11.6 Å². The zero-order valence-electron chi connectivity index (χ0n) is 11.4. The van der Waals surface area contributed by atoms with Crippen molar-refractivity contribution in [2.75, 3.05) is 0 Å². The lowest BCUT2D eigenvalue weighted by Crippen LogP contribution is -2.15. The first-order chi connectivity index (χ1) is 9.82. The van der Waals surface area contributed by atoms with E-state index >= 15 is 0 Å². The first kappa shape index (κ1) is 16.0. The van der Waals surface area contributed by atoms with Crippen LogP contribution in [-0.2, 0) is 12.6 Å². The van der Waals surface area contributed by atoms with E-state index in [-0.39, 0.29) is 0 Å². The molecule has 0 spiro atoms. The van der Waals surface area contributed by atoms with Crippen LogP contribution in [0.2, 0.25) is 0 Å². The highest BCUT2D eigenvalue weighted by atomic mass is 79.9. The van der Waals surface area contributed by atoms with E-state index in [1.54, 1.807) is 0 Å². The quantitative estimate of drug-likeness (QED) is 0.814. The number of rotatable bonds is 3. The molecule has 0 aliphatic heterocycles. The molecule has 0 amide bonds. The molecular weight excluding hydrogens is 343 g/mol. The van der Waals surface area contributed by atoms with Gasteiger partial charge in [-0.25, -0.2) is 0 Å². The number of hydrogen-bond acceptors (Lipinski definition) is 1. The van der Waals surface area contributed by atoms with Crippen molar-refractivity contribution in [3.63, 3.8) is 0 Å². The van der Waals surface area contributed by atoms with Crippen LogP contribution in [0.5, 0.6) is 0 Å². The predicted molar refractivity (Wildman–Crippen MR) is 81.0 cm³/mol. The van der Waals surface area contributed by atoms with Crippen molar-refractivity contribution < 1.29 is 13.2 Å². The Hall–Kier alpha value is -1.33. The first-order valence-electron chi connectivity index (χ1n) is 6.54. The average molecular weight is 358 g/mol. The standard InChI is InChI=1S/C16H15BrF3N/c1-2-10-4-3-5-11(8-10)15(21)13-9-12(16(18,19)20)6-7-14(13)17/h3-9,15H,2,21H2,1H3. The van der Waals surface area contributed by atoms with E-state index in [1.807, 2.05) is 31.2 Å². The predicted octanol–water partition coefficient (Wildman–Crippen LogP) is 5.08. The van der Waals surface area contributed by atoms with Gasteiger partial charge in [0.1, 0.15) is 0 Å². The summed E-state index contributed by atoms with van der Waals surface area (Å²) in [4.78, 5) is 0. The summed E-state index contributed by atoms with van der Waals surface area (Å²) < 4.78 is 39.1. The maximum absolute atomic E-state index is 12.8. The second-order valence-corrected chi connectivity index (χ2v) is 5.66. The van der Waals surface area contributed by atoms with Crippen LogP contribution in [0, 0.1) is 0 Å². The summed E-state index contributed by atoms with van der Waals surface area (Å²) in [6.45, 7) is 2.02. The van der Waals surface area contributed by atoms with Gasteiger partial charge in [0.25, 0.3) is 0 Å². The van der Waals surface area contributed by atoms with Crippen molar-refractivity contribution in [1.29, 1.82) is 0 Å². The molecule has 0 aromatic heterocycles. The van der Waals surface area contributed by atoms with E-state index in [0.717, 1.165) is 29.7 Å². The fourth-order valence-corrected chi connectivity index (χ4v) is 2.64. The van der Waals surface area contributed by atoms with Crippen LogP contribution in [0.25, 0.3) is 0 Å².